The van der Waals surface area contributed by atoms with E-state index in [1.807, 2.05) is 17.5 Å². The van der Waals surface area contributed by atoms with E-state index in [1.54, 1.807) is 12.1 Å². The van der Waals surface area contributed by atoms with Crippen LogP contribution in [0.2, 0.25) is 0 Å². The predicted molar refractivity (Wildman–Crippen MR) is 77.2 cm³/mol. The number of imide groups is 1. The number of halogens is 1. The van der Waals surface area contributed by atoms with Crippen LogP contribution < -0.4 is 5.32 Å². The van der Waals surface area contributed by atoms with Gasteiger partial charge in [0.15, 0.2) is 0 Å². The monoisotopic (exact) mass is 304 g/mol. The first-order valence-corrected chi connectivity index (χ1v) is 7.32. The van der Waals surface area contributed by atoms with Crippen LogP contribution in [0.5, 0.6) is 0 Å². The second kappa shape index (κ2) is 4.96. The quantitative estimate of drug-likeness (QED) is 0.887. The molecule has 1 fully saturated rings. The number of carbonyl (C=O) groups is 2. The minimum absolute atomic E-state index is 0.178. The zero-order chi connectivity index (χ0) is 15.0. The Balaban J connectivity index is 1.94. The average molecular weight is 304 g/mol. The lowest BCUT2D eigenvalue weighted by Gasteiger charge is -2.22. The largest absolute Gasteiger partial charge is 0.325 e. The van der Waals surface area contributed by atoms with Gasteiger partial charge in [-0.05, 0) is 24.4 Å². The molecule has 108 valence electrons. The molecule has 1 aliphatic heterocycles. The molecule has 4 nitrogen and oxygen atoms in total. The first kappa shape index (κ1) is 13.8. The molecule has 3 amide bonds. The van der Waals surface area contributed by atoms with Gasteiger partial charge in [0.05, 0.1) is 6.54 Å². The van der Waals surface area contributed by atoms with Crippen molar-refractivity contribution >= 4 is 23.3 Å². The molecule has 0 aliphatic carbocycles. The Morgan fingerprint density at radius 2 is 2.00 bits per heavy atom. The molecule has 0 radical (unpaired) electrons. The molecule has 1 N–H and O–H groups in total. The molecule has 0 bridgehead atoms. The molecule has 1 atom stereocenters. The number of rotatable bonds is 3. The van der Waals surface area contributed by atoms with Gasteiger partial charge < -0.3 is 5.32 Å². The first-order valence-electron chi connectivity index (χ1n) is 6.44. The summed E-state index contributed by atoms with van der Waals surface area (Å²) in [6.07, 6.45) is 0. The maximum atomic E-state index is 14.0. The van der Waals surface area contributed by atoms with Crippen molar-refractivity contribution in [1.29, 1.82) is 0 Å². The van der Waals surface area contributed by atoms with Gasteiger partial charge in [-0.3, -0.25) is 9.69 Å². The van der Waals surface area contributed by atoms with Crippen LogP contribution in [-0.4, -0.2) is 16.8 Å². The summed E-state index contributed by atoms with van der Waals surface area (Å²) < 4.78 is 14.0. The van der Waals surface area contributed by atoms with Gasteiger partial charge in [-0.1, -0.05) is 24.3 Å². The Labute approximate surface area is 125 Å². The van der Waals surface area contributed by atoms with Crippen LogP contribution in [-0.2, 0) is 16.9 Å². The number of urea groups is 1. The molecule has 6 heteroatoms. The van der Waals surface area contributed by atoms with Gasteiger partial charge in [0.2, 0.25) is 0 Å². The lowest BCUT2D eigenvalue weighted by Crippen LogP contribution is -2.41. The number of hydrogen-bond donors (Lipinski definition) is 1. The van der Waals surface area contributed by atoms with Gasteiger partial charge in [-0.25, -0.2) is 9.18 Å². The number of amides is 3. The molecular weight excluding hydrogens is 291 g/mol. The molecule has 2 aromatic rings. The lowest BCUT2D eigenvalue weighted by atomic mass is 9.91. The highest BCUT2D eigenvalue weighted by molar-refractivity contribution is 7.09. The molecule has 0 spiro atoms. The molecule has 0 saturated carbocycles. The second-order valence-corrected chi connectivity index (χ2v) is 6.04. The van der Waals surface area contributed by atoms with E-state index in [0.29, 0.717) is 0 Å². The average Bonchev–Trinajstić information content (AvgIpc) is 3.03. The van der Waals surface area contributed by atoms with Crippen molar-refractivity contribution in [2.24, 2.45) is 0 Å². The Bertz CT molecular complexity index is 701. The summed E-state index contributed by atoms with van der Waals surface area (Å²) in [5.74, 6) is -0.947. The summed E-state index contributed by atoms with van der Waals surface area (Å²) in [4.78, 5) is 26.7. The van der Waals surface area contributed by atoms with Crippen LogP contribution in [0, 0.1) is 5.82 Å². The van der Waals surface area contributed by atoms with Gasteiger partial charge in [-0.15, -0.1) is 11.3 Å². The van der Waals surface area contributed by atoms with Crippen LogP contribution in [0.25, 0.3) is 0 Å². The first-order chi connectivity index (χ1) is 10.0. The van der Waals surface area contributed by atoms with E-state index in [4.69, 9.17) is 0 Å². The van der Waals surface area contributed by atoms with E-state index >= 15 is 0 Å². The highest BCUT2D eigenvalue weighted by Gasteiger charge is 2.50. The molecule has 1 aromatic heterocycles. The number of benzene rings is 1. The van der Waals surface area contributed by atoms with Gasteiger partial charge in [-0.2, -0.15) is 0 Å². The molecule has 2 heterocycles. The maximum absolute atomic E-state index is 14.0. The normalized spacial score (nSPS) is 21.7. The van der Waals surface area contributed by atoms with Crippen LogP contribution >= 0.6 is 11.3 Å². The van der Waals surface area contributed by atoms with Crippen LogP contribution in [0.15, 0.2) is 41.8 Å². The van der Waals surface area contributed by atoms with Crippen LogP contribution in [0.4, 0.5) is 9.18 Å². The van der Waals surface area contributed by atoms with E-state index < -0.39 is 23.3 Å². The Morgan fingerprint density at radius 3 is 2.67 bits per heavy atom. The Morgan fingerprint density at radius 1 is 1.24 bits per heavy atom. The molecule has 21 heavy (non-hydrogen) atoms. The second-order valence-electron chi connectivity index (χ2n) is 5.01. The zero-order valence-electron chi connectivity index (χ0n) is 11.3. The summed E-state index contributed by atoms with van der Waals surface area (Å²) in [6.45, 7) is 1.73. The fourth-order valence-electron chi connectivity index (χ4n) is 2.45. The van der Waals surface area contributed by atoms with Gasteiger partial charge in [0, 0.05) is 10.4 Å². The van der Waals surface area contributed by atoms with Gasteiger partial charge in [0.25, 0.3) is 5.91 Å². The third-order valence-corrected chi connectivity index (χ3v) is 4.44. The molecule has 1 saturated heterocycles. The Kier molecular flexibility index (Phi) is 3.25. The summed E-state index contributed by atoms with van der Waals surface area (Å²) in [5.41, 5.74) is -1.18. The predicted octanol–water partition coefficient (Wildman–Crippen LogP) is 2.85. The lowest BCUT2D eigenvalue weighted by molar-refractivity contribution is -0.131. The topological polar surface area (TPSA) is 49.4 Å². The van der Waals surface area contributed by atoms with Crippen LogP contribution in [0.1, 0.15) is 17.4 Å². The van der Waals surface area contributed by atoms with E-state index in [0.717, 1.165) is 9.78 Å². The number of thiophene rings is 1. The fraction of sp³-hybridized carbons (Fsp3) is 0.200. The highest BCUT2D eigenvalue weighted by atomic mass is 32.1. The number of nitrogens with one attached hydrogen (secondary N) is 1. The summed E-state index contributed by atoms with van der Waals surface area (Å²) in [5, 5.41) is 4.48. The molecule has 3 rings (SSSR count). The third-order valence-electron chi connectivity index (χ3n) is 3.58. The zero-order valence-corrected chi connectivity index (χ0v) is 12.1. The van der Waals surface area contributed by atoms with Crippen molar-refractivity contribution in [1.82, 2.24) is 10.2 Å². The summed E-state index contributed by atoms with van der Waals surface area (Å²) in [6, 6.07) is 9.19. The van der Waals surface area contributed by atoms with Crippen molar-refractivity contribution in [3.05, 3.63) is 58.0 Å². The Hall–Kier alpha value is -2.21. The van der Waals surface area contributed by atoms with Crippen molar-refractivity contribution in [2.45, 2.75) is 19.0 Å². The summed E-state index contributed by atoms with van der Waals surface area (Å²) >= 11 is 1.46. The van der Waals surface area contributed by atoms with Crippen molar-refractivity contribution in [3.63, 3.8) is 0 Å². The van der Waals surface area contributed by atoms with Crippen molar-refractivity contribution in [2.75, 3.05) is 0 Å². The SMILES string of the molecule is CC1(c2ccccc2F)NC(=O)N(Cc2cccs2)C1=O. The summed E-state index contributed by atoms with van der Waals surface area (Å²) in [7, 11) is 0. The third kappa shape index (κ3) is 2.21. The number of nitrogens with zero attached hydrogens (tertiary/aromatic N) is 1. The minimum Gasteiger partial charge on any atom is -0.319 e. The van der Waals surface area contributed by atoms with Crippen molar-refractivity contribution in [3.8, 4) is 0 Å². The smallest absolute Gasteiger partial charge is 0.319 e. The molecule has 1 aromatic carbocycles. The van der Waals surface area contributed by atoms with Gasteiger partial charge >= 0.3 is 6.03 Å². The van der Waals surface area contributed by atoms with Crippen molar-refractivity contribution < 1.29 is 14.0 Å². The molecule has 1 unspecified atom stereocenters. The fourth-order valence-corrected chi connectivity index (χ4v) is 3.14. The van der Waals surface area contributed by atoms with Gasteiger partial charge in [0.1, 0.15) is 11.4 Å². The maximum Gasteiger partial charge on any atom is 0.325 e. The van der Waals surface area contributed by atoms with Crippen LogP contribution in [0.3, 0.4) is 0 Å². The molecular formula is C15H13FN2O2S. The van der Waals surface area contributed by atoms with E-state index in [2.05, 4.69) is 5.32 Å². The standard InChI is InChI=1S/C15H13FN2O2S/c1-15(11-6-2-3-7-12(11)16)13(19)18(14(20)17-15)9-10-5-4-8-21-10/h2-8H,9H2,1H3,(H,17,20). The highest BCUT2D eigenvalue weighted by Crippen LogP contribution is 2.31. The van der Waals surface area contributed by atoms with E-state index in [1.165, 1.54) is 30.4 Å². The number of hydrogen-bond acceptors (Lipinski definition) is 3. The molecule has 1 aliphatic rings. The minimum atomic E-state index is -1.36. The van der Waals surface area contributed by atoms with E-state index in [-0.39, 0.29) is 12.1 Å². The van der Waals surface area contributed by atoms with E-state index in [9.17, 15) is 14.0 Å². The number of carbonyl (C=O) groups excluding carboxylic acids is 2.